The number of tetrazole rings is 1. The third kappa shape index (κ3) is 5.97. The molecule has 0 spiro atoms. The smallest absolute Gasteiger partial charge is 0.408 e. The van der Waals surface area contributed by atoms with E-state index in [1.54, 1.807) is 24.3 Å². The highest BCUT2D eigenvalue weighted by atomic mass is 16.5. The molecule has 1 aromatic heterocycles. The van der Waals surface area contributed by atoms with Crippen molar-refractivity contribution >= 4 is 17.8 Å². The molecule has 0 fully saturated rings. The second-order valence-corrected chi connectivity index (χ2v) is 6.98. The number of benzene rings is 1. The van der Waals surface area contributed by atoms with E-state index in [1.807, 2.05) is 18.2 Å². The van der Waals surface area contributed by atoms with Gasteiger partial charge in [0.05, 0.1) is 6.42 Å². The number of carbonyl (C=O) groups excluding carboxylic acids is 2. The second kappa shape index (κ2) is 10.3. The number of aromatic nitrogens is 4. The summed E-state index contributed by atoms with van der Waals surface area (Å²) in [6, 6.07) is 7.75. The Morgan fingerprint density at radius 2 is 2.07 bits per heavy atom. The number of hydrogen-bond acceptors (Lipinski definition) is 7. The highest BCUT2D eigenvalue weighted by molar-refractivity contribution is 5.90. The Morgan fingerprint density at radius 1 is 1.27 bits per heavy atom. The van der Waals surface area contributed by atoms with Gasteiger partial charge >= 0.3 is 12.1 Å². The van der Waals surface area contributed by atoms with Crippen molar-refractivity contribution in [1.29, 1.82) is 0 Å². The standard InChI is InChI=1S/C20H23N5O5/c26-17(12-25-19(22-23-24-25)15-9-5-2-6-10-15)16(11-18(27)28)21-20(29)30-13-14-7-3-1-4-8-14/h1,3-5,7-9,15-16H,2,6,10-13H2,(H,21,29)(H,27,28). The summed E-state index contributed by atoms with van der Waals surface area (Å²) in [6.07, 6.45) is 5.47. The molecular formula is C20H23N5O5. The van der Waals surface area contributed by atoms with E-state index in [-0.39, 0.29) is 19.1 Å². The van der Waals surface area contributed by atoms with E-state index in [1.165, 1.54) is 4.68 Å². The SMILES string of the molecule is O=C(O)CC(NC(=O)OCc1ccccc1)C(=O)Cn1nnnc1C1C=CCCC1. The number of carboxylic acid groups (broad SMARTS) is 1. The van der Waals surface area contributed by atoms with Crippen LogP contribution in [0.15, 0.2) is 42.5 Å². The van der Waals surface area contributed by atoms with E-state index in [9.17, 15) is 14.4 Å². The Hall–Kier alpha value is -3.56. The quantitative estimate of drug-likeness (QED) is 0.594. The lowest BCUT2D eigenvalue weighted by atomic mass is 9.95. The number of nitrogens with one attached hydrogen (secondary N) is 1. The molecule has 2 N–H and O–H groups in total. The minimum absolute atomic E-state index is 0.00303. The van der Waals surface area contributed by atoms with Crippen molar-refractivity contribution in [3.63, 3.8) is 0 Å². The average molecular weight is 413 g/mol. The summed E-state index contributed by atoms with van der Waals surface area (Å²) in [5.41, 5.74) is 0.771. The number of ether oxygens (including phenoxy) is 1. The van der Waals surface area contributed by atoms with Gasteiger partial charge in [0.25, 0.3) is 0 Å². The predicted octanol–water partition coefficient (Wildman–Crippen LogP) is 1.84. The van der Waals surface area contributed by atoms with E-state index in [4.69, 9.17) is 9.84 Å². The molecule has 0 saturated carbocycles. The second-order valence-electron chi connectivity index (χ2n) is 6.98. The van der Waals surface area contributed by atoms with Crippen LogP contribution in [-0.2, 0) is 27.5 Å². The first kappa shape index (κ1) is 21.2. The molecular weight excluding hydrogens is 390 g/mol. The number of rotatable bonds is 9. The third-order valence-corrected chi connectivity index (χ3v) is 4.72. The fourth-order valence-electron chi connectivity index (χ4n) is 3.20. The molecule has 158 valence electrons. The van der Waals surface area contributed by atoms with Crippen molar-refractivity contribution in [2.75, 3.05) is 0 Å². The lowest BCUT2D eigenvalue weighted by Gasteiger charge is -2.18. The van der Waals surface area contributed by atoms with Crippen LogP contribution in [0.1, 0.15) is 43.0 Å². The number of aliphatic carboxylic acids is 1. The predicted molar refractivity (Wildman–Crippen MR) is 104 cm³/mol. The number of Topliss-reactive ketones (excluding diaryl/α,β-unsaturated/α-hetero) is 1. The average Bonchev–Trinajstić information content (AvgIpc) is 3.21. The number of nitrogens with zero attached hydrogens (tertiary/aromatic N) is 4. The Balaban J connectivity index is 1.62. The number of amides is 1. The maximum atomic E-state index is 12.7. The van der Waals surface area contributed by atoms with E-state index in [2.05, 4.69) is 20.8 Å². The van der Waals surface area contributed by atoms with Gasteiger partial charge in [0.1, 0.15) is 19.2 Å². The fourth-order valence-corrected chi connectivity index (χ4v) is 3.20. The molecule has 3 rings (SSSR count). The summed E-state index contributed by atoms with van der Waals surface area (Å²) < 4.78 is 6.45. The molecule has 0 aliphatic heterocycles. The number of hydrogen-bond donors (Lipinski definition) is 2. The van der Waals surface area contributed by atoms with E-state index < -0.39 is 30.3 Å². The number of allylic oxidation sites excluding steroid dienone is 2. The molecule has 2 unspecified atom stereocenters. The van der Waals surface area contributed by atoms with Crippen LogP contribution in [0, 0.1) is 0 Å². The third-order valence-electron chi connectivity index (χ3n) is 4.72. The number of ketones is 1. The van der Waals surface area contributed by atoms with Gasteiger partial charge < -0.3 is 15.2 Å². The van der Waals surface area contributed by atoms with Crippen molar-refractivity contribution in [2.24, 2.45) is 0 Å². The largest absolute Gasteiger partial charge is 0.481 e. The highest BCUT2D eigenvalue weighted by Gasteiger charge is 2.27. The first-order valence-corrected chi connectivity index (χ1v) is 9.67. The number of carbonyl (C=O) groups is 3. The maximum Gasteiger partial charge on any atom is 0.408 e. The van der Waals surface area contributed by atoms with Gasteiger partial charge in [-0.05, 0) is 35.3 Å². The van der Waals surface area contributed by atoms with E-state index >= 15 is 0 Å². The topological polar surface area (TPSA) is 136 Å². The minimum Gasteiger partial charge on any atom is -0.481 e. The van der Waals surface area contributed by atoms with Gasteiger partial charge in [0.15, 0.2) is 11.6 Å². The highest BCUT2D eigenvalue weighted by Crippen LogP contribution is 2.25. The molecule has 10 heteroatoms. The Kier molecular flexibility index (Phi) is 7.25. The molecule has 1 heterocycles. The summed E-state index contributed by atoms with van der Waals surface area (Å²) in [5, 5.41) is 23.0. The van der Waals surface area contributed by atoms with Gasteiger partial charge in [0, 0.05) is 5.92 Å². The van der Waals surface area contributed by atoms with Crippen LogP contribution in [-0.4, -0.2) is 49.2 Å². The van der Waals surface area contributed by atoms with E-state index in [0.29, 0.717) is 5.82 Å². The normalized spacial score (nSPS) is 16.6. The fraction of sp³-hybridized carbons (Fsp3) is 0.400. The van der Waals surface area contributed by atoms with Gasteiger partial charge in [-0.15, -0.1) is 5.10 Å². The van der Waals surface area contributed by atoms with Gasteiger partial charge in [0.2, 0.25) is 0 Å². The molecule has 2 atom stereocenters. The summed E-state index contributed by atoms with van der Waals surface area (Å²) in [5.74, 6) is -1.20. The summed E-state index contributed by atoms with van der Waals surface area (Å²) in [6.45, 7) is -0.241. The van der Waals surface area contributed by atoms with Crippen LogP contribution < -0.4 is 5.32 Å². The molecule has 2 aromatic rings. The number of alkyl carbamates (subject to hydrolysis) is 1. The Bertz CT molecular complexity index is 911. The zero-order chi connectivity index (χ0) is 21.3. The van der Waals surface area contributed by atoms with Crippen LogP contribution in [0.2, 0.25) is 0 Å². The maximum absolute atomic E-state index is 12.7. The minimum atomic E-state index is -1.26. The van der Waals surface area contributed by atoms with Crippen molar-refractivity contribution in [3.8, 4) is 0 Å². The van der Waals surface area contributed by atoms with Crippen molar-refractivity contribution in [1.82, 2.24) is 25.5 Å². The summed E-state index contributed by atoms with van der Waals surface area (Å²) in [4.78, 5) is 36.0. The van der Waals surface area contributed by atoms with E-state index in [0.717, 1.165) is 24.8 Å². The van der Waals surface area contributed by atoms with Gasteiger partial charge in [-0.1, -0.05) is 42.5 Å². The molecule has 30 heavy (non-hydrogen) atoms. The lowest BCUT2D eigenvalue weighted by molar-refractivity contribution is -0.139. The Morgan fingerprint density at radius 3 is 2.77 bits per heavy atom. The first-order valence-electron chi connectivity index (χ1n) is 9.67. The van der Waals surface area contributed by atoms with Crippen LogP contribution in [0.25, 0.3) is 0 Å². The molecule has 0 radical (unpaired) electrons. The summed E-state index contributed by atoms with van der Waals surface area (Å²) in [7, 11) is 0. The summed E-state index contributed by atoms with van der Waals surface area (Å²) >= 11 is 0. The van der Waals surface area contributed by atoms with Crippen LogP contribution in [0.5, 0.6) is 0 Å². The van der Waals surface area contributed by atoms with Gasteiger partial charge in [-0.3, -0.25) is 9.59 Å². The zero-order valence-electron chi connectivity index (χ0n) is 16.3. The Labute approximate surface area is 172 Å². The van der Waals surface area contributed by atoms with Crippen LogP contribution >= 0.6 is 0 Å². The molecule has 0 bridgehead atoms. The molecule has 10 nitrogen and oxygen atoms in total. The van der Waals surface area contributed by atoms with Gasteiger partial charge in [-0.25, -0.2) is 9.48 Å². The molecule has 1 aliphatic rings. The molecule has 1 aromatic carbocycles. The van der Waals surface area contributed by atoms with Crippen molar-refractivity contribution < 1.29 is 24.2 Å². The molecule has 1 aliphatic carbocycles. The lowest BCUT2D eigenvalue weighted by Crippen LogP contribution is -2.44. The molecule has 0 saturated heterocycles. The van der Waals surface area contributed by atoms with Crippen LogP contribution in [0.4, 0.5) is 4.79 Å². The van der Waals surface area contributed by atoms with Crippen molar-refractivity contribution in [2.45, 2.75) is 50.8 Å². The zero-order valence-corrected chi connectivity index (χ0v) is 16.3. The van der Waals surface area contributed by atoms with Crippen LogP contribution in [0.3, 0.4) is 0 Å². The van der Waals surface area contributed by atoms with Gasteiger partial charge in [-0.2, -0.15) is 0 Å². The first-order chi connectivity index (χ1) is 14.5. The monoisotopic (exact) mass is 413 g/mol. The molecule has 1 amide bonds. The van der Waals surface area contributed by atoms with Crippen molar-refractivity contribution in [3.05, 3.63) is 53.9 Å². The number of carboxylic acids is 1.